The SMILES string of the molecule is CC(=O)CSc1nc(CCc2ccccc2)c(C#N)c(=O)[nH]1. The number of hydrogen-bond donors (Lipinski definition) is 1. The van der Waals surface area contributed by atoms with E-state index in [-0.39, 0.29) is 17.1 Å². The van der Waals surface area contributed by atoms with Crippen LogP contribution in [0.25, 0.3) is 0 Å². The molecule has 0 aliphatic carbocycles. The zero-order valence-electron chi connectivity index (χ0n) is 12.1. The van der Waals surface area contributed by atoms with Crippen LogP contribution >= 0.6 is 11.8 Å². The summed E-state index contributed by atoms with van der Waals surface area (Å²) in [5, 5.41) is 9.51. The van der Waals surface area contributed by atoms with Crippen LogP contribution in [0.4, 0.5) is 0 Å². The molecule has 1 aromatic heterocycles. The number of aromatic nitrogens is 2. The predicted octanol–water partition coefficient (Wildman–Crippen LogP) is 2.11. The van der Waals surface area contributed by atoms with Crippen molar-refractivity contribution in [2.45, 2.75) is 24.9 Å². The number of aromatic amines is 1. The number of ketones is 1. The van der Waals surface area contributed by atoms with Crippen molar-refractivity contribution in [1.82, 2.24) is 9.97 Å². The molecule has 2 aromatic rings. The van der Waals surface area contributed by atoms with Gasteiger partial charge in [0.1, 0.15) is 17.4 Å². The Kier molecular flexibility index (Phi) is 5.50. The smallest absolute Gasteiger partial charge is 0.269 e. The molecule has 6 heteroatoms. The molecule has 0 spiro atoms. The van der Waals surface area contributed by atoms with Gasteiger partial charge in [-0.05, 0) is 25.3 Å². The third kappa shape index (κ3) is 4.30. The van der Waals surface area contributed by atoms with Gasteiger partial charge in [0.05, 0.1) is 11.4 Å². The second kappa shape index (κ2) is 7.57. The maximum Gasteiger partial charge on any atom is 0.269 e. The average Bonchev–Trinajstić information content (AvgIpc) is 2.51. The first-order valence-electron chi connectivity index (χ1n) is 6.79. The zero-order valence-corrected chi connectivity index (χ0v) is 12.9. The number of nitriles is 1. The molecule has 0 bridgehead atoms. The van der Waals surface area contributed by atoms with Crippen LogP contribution < -0.4 is 5.56 Å². The highest BCUT2D eigenvalue weighted by molar-refractivity contribution is 7.99. The first-order chi connectivity index (χ1) is 10.6. The number of H-pyrrole nitrogens is 1. The average molecular weight is 313 g/mol. The number of benzene rings is 1. The van der Waals surface area contributed by atoms with E-state index in [1.54, 1.807) is 0 Å². The fraction of sp³-hybridized carbons (Fsp3) is 0.250. The molecule has 1 N–H and O–H groups in total. The number of hydrogen-bond acceptors (Lipinski definition) is 5. The molecule has 5 nitrogen and oxygen atoms in total. The molecule has 0 saturated carbocycles. The fourth-order valence-electron chi connectivity index (χ4n) is 1.94. The largest absolute Gasteiger partial charge is 0.300 e. The zero-order chi connectivity index (χ0) is 15.9. The van der Waals surface area contributed by atoms with Crippen LogP contribution in [-0.4, -0.2) is 21.5 Å². The second-order valence-electron chi connectivity index (χ2n) is 4.78. The lowest BCUT2D eigenvalue weighted by Gasteiger charge is -2.06. The summed E-state index contributed by atoms with van der Waals surface area (Å²) in [5.74, 6) is 0.246. The van der Waals surface area contributed by atoms with E-state index < -0.39 is 5.56 Å². The Labute approximate surface area is 132 Å². The predicted molar refractivity (Wildman–Crippen MR) is 84.8 cm³/mol. The van der Waals surface area contributed by atoms with Gasteiger partial charge in [-0.25, -0.2) is 4.98 Å². The van der Waals surface area contributed by atoms with Crippen LogP contribution in [-0.2, 0) is 17.6 Å². The summed E-state index contributed by atoms with van der Waals surface area (Å²) in [4.78, 5) is 29.8. The number of aryl methyl sites for hydroxylation is 2. The Hall–Kier alpha value is -2.39. The van der Waals surface area contributed by atoms with Crippen molar-refractivity contribution in [1.29, 1.82) is 5.26 Å². The van der Waals surface area contributed by atoms with E-state index in [4.69, 9.17) is 5.26 Å². The second-order valence-corrected chi connectivity index (χ2v) is 5.74. The molecule has 0 unspecified atom stereocenters. The summed E-state index contributed by atoms with van der Waals surface area (Å²) >= 11 is 1.17. The number of rotatable bonds is 6. The van der Waals surface area contributed by atoms with Crippen molar-refractivity contribution in [2.75, 3.05) is 5.75 Å². The number of carbonyl (C=O) groups excluding carboxylic acids is 1. The van der Waals surface area contributed by atoms with Crippen LogP contribution in [0, 0.1) is 11.3 Å². The Bertz CT molecular complexity index is 763. The van der Waals surface area contributed by atoms with E-state index in [9.17, 15) is 9.59 Å². The molecular formula is C16H15N3O2S. The molecule has 1 heterocycles. The normalized spacial score (nSPS) is 10.2. The highest BCUT2D eigenvalue weighted by Crippen LogP contribution is 2.14. The lowest BCUT2D eigenvalue weighted by Crippen LogP contribution is -2.17. The number of Topliss-reactive ketones (excluding diaryl/α,β-unsaturated/α-hetero) is 1. The van der Waals surface area contributed by atoms with E-state index in [1.807, 2.05) is 36.4 Å². The maximum absolute atomic E-state index is 11.9. The van der Waals surface area contributed by atoms with Crippen molar-refractivity contribution in [3.8, 4) is 6.07 Å². The van der Waals surface area contributed by atoms with Gasteiger partial charge >= 0.3 is 0 Å². The number of nitrogens with zero attached hydrogens (tertiary/aromatic N) is 2. The quantitative estimate of drug-likeness (QED) is 0.652. The maximum atomic E-state index is 11.9. The molecule has 0 amide bonds. The molecule has 0 fully saturated rings. The Morgan fingerprint density at radius 2 is 2.05 bits per heavy atom. The van der Waals surface area contributed by atoms with Crippen molar-refractivity contribution in [3.63, 3.8) is 0 Å². The molecule has 0 saturated heterocycles. The van der Waals surface area contributed by atoms with Gasteiger partial charge < -0.3 is 4.98 Å². The van der Waals surface area contributed by atoms with Gasteiger partial charge in [-0.1, -0.05) is 42.1 Å². The Morgan fingerprint density at radius 1 is 1.32 bits per heavy atom. The van der Waals surface area contributed by atoms with Crippen molar-refractivity contribution in [3.05, 3.63) is 57.5 Å². The van der Waals surface area contributed by atoms with Crippen LogP contribution in [0.15, 0.2) is 40.3 Å². The van der Waals surface area contributed by atoms with Gasteiger partial charge in [0.15, 0.2) is 5.16 Å². The molecule has 22 heavy (non-hydrogen) atoms. The van der Waals surface area contributed by atoms with Crippen molar-refractivity contribution >= 4 is 17.5 Å². The van der Waals surface area contributed by atoms with E-state index in [1.165, 1.54) is 18.7 Å². The summed E-state index contributed by atoms with van der Waals surface area (Å²) in [7, 11) is 0. The summed E-state index contributed by atoms with van der Waals surface area (Å²) < 4.78 is 0. The van der Waals surface area contributed by atoms with E-state index in [0.29, 0.717) is 23.7 Å². The minimum Gasteiger partial charge on any atom is -0.300 e. The summed E-state index contributed by atoms with van der Waals surface area (Å²) in [6, 6.07) is 11.7. The van der Waals surface area contributed by atoms with E-state index in [2.05, 4.69) is 9.97 Å². The highest BCUT2D eigenvalue weighted by Gasteiger charge is 2.12. The van der Waals surface area contributed by atoms with E-state index in [0.717, 1.165) is 5.56 Å². The number of thioether (sulfide) groups is 1. The van der Waals surface area contributed by atoms with Gasteiger partial charge in [0.2, 0.25) is 0 Å². The summed E-state index contributed by atoms with van der Waals surface area (Å²) in [6.07, 6.45) is 1.20. The highest BCUT2D eigenvalue weighted by atomic mass is 32.2. The third-order valence-electron chi connectivity index (χ3n) is 2.99. The summed E-state index contributed by atoms with van der Waals surface area (Å²) in [6.45, 7) is 1.48. The van der Waals surface area contributed by atoms with Crippen molar-refractivity contribution < 1.29 is 4.79 Å². The van der Waals surface area contributed by atoms with Crippen molar-refractivity contribution in [2.24, 2.45) is 0 Å². The molecule has 0 aliphatic rings. The van der Waals surface area contributed by atoms with Gasteiger partial charge in [0, 0.05) is 0 Å². The molecule has 1 aromatic carbocycles. The van der Waals surface area contributed by atoms with Gasteiger partial charge in [-0.15, -0.1) is 0 Å². The first kappa shape index (κ1) is 16.0. The van der Waals surface area contributed by atoms with E-state index >= 15 is 0 Å². The number of carbonyl (C=O) groups is 1. The summed E-state index contributed by atoms with van der Waals surface area (Å²) in [5.41, 5.74) is 1.18. The third-order valence-corrected chi connectivity index (χ3v) is 4.01. The van der Waals surface area contributed by atoms with Crippen LogP contribution in [0.2, 0.25) is 0 Å². The van der Waals surface area contributed by atoms with Gasteiger partial charge in [-0.2, -0.15) is 5.26 Å². The van der Waals surface area contributed by atoms with Crippen LogP contribution in [0.1, 0.15) is 23.7 Å². The number of nitrogens with one attached hydrogen (secondary N) is 1. The molecule has 0 atom stereocenters. The molecule has 112 valence electrons. The molecule has 0 radical (unpaired) electrons. The minimum absolute atomic E-state index is 0.00263. The lowest BCUT2D eigenvalue weighted by atomic mass is 10.1. The standard InChI is InChI=1S/C16H15N3O2S/c1-11(20)10-22-16-18-14(13(9-17)15(21)19-16)8-7-12-5-3-2-4-6-12/h2-6H,7-8,10H2,1H3,(H,18,19,21). The lowest BCUT2D eigenvalue weighted by molar-refractivity contribution is -0.114. The molecule has 0 aliphatic heterocycles. The molecule has 2 rings (SSSR count). The monoisotopic (exact) mass is 313 g/mol. The van der Waals surface area contributed by atoms with Gasteiger partial charge in [0.25, 0.3) is 5.56 Å². The topological polar surface area (TPSA) is 86.6 Å². The Morgan fingerprint density at radius 3 is 2.68 bits per heavy atom. The fourth-order valence-corrected chi connectivity index (χ4v) is 2.62. The van der Waals surface area contributed by atoms with Crippen LogP contribution in [0.3, 0.4) is 0 Å². The van der Waals surface area contributed by atoms with Gasteiger partial charge in [-0.3, -0.25) is 9.59 Å². The van der Waals surface area contributed by atoms with Crippen LogP contribution in [0.5, 0.6) is 0 Å². The minimum atomic E-state index is -0.452. The first-order valence-corrected chi connectivity index (χ1v) is 7.78. The molecular weight excluding hydrogens is 298 g/mol. The Balaban J connectivity index is 2.22.